The highest BCUT2D eigenvalue weighted by Crippen LogP contribution is 2.16. The highest BCUT2D eigenvalue weighted by Gasteiger charge is 2.14. The maximum Gasteiger partial charge on any atom is 0.123 e. The van der Waals surface area contributed by atoms with Gasteiger partial charge in [0.15, 0.2) is 0 Å². The number of benzene rings is 1. The number of rotatable bonds is 4. The molecule has 0 aromatic heterocycles. The van der Waals surface area contributed by atoms with Gasteiger partial charge in [-0.3, -0.25) is 4.21 Å². The molecule has 0 aliphatic carbocycles. The average molecular weight is 214 g/mol. The van der Waals surface area contributed by atoms with Crippen LogP contribution in [0.5, 0.6) is 0 Å². The van der Waals surface area contributed by atoms with Crippen LogP contribution in [-0.4, -0.2) is 9.46 Å². The molecule has 0 amide bonds. The second-order valence-electron chi connectivity index (χ2n) is 3.19. The Bertz CT molecular complexity index is 304. The summed E-state index contributed by atoms with van der Waals surface area (Å²) in [6.07, 6.45) is 1.78. The smallest absolute Gasteiger partial charge is 0.123 e. The lowest BCUT2D eigenvalue weighted by atomic mass is 10.3. The zero-order valence-corrected chi connectivity index (χ0v) is 9.31. The Kier molecular flexibility index (Phi) is 4.26. The fourth-order valence-electron chi connectivity index (χ4n) is 1.35. The fraction of sp³-hybridized carbons (Fsp3) is 0.455. The van der Waals surface area contributed by atoms with Crippen molar-refractivity contribution in [2.75, 3.05) is 0 Å². The second kappa shape index (κ2) is 5.25. The molecule has 0 saturated carbocycles. The second-order valence-corrected chi connectivity index (χ2v) is 4.92. The fourth-order valence-corrected chi connectivity index (χ4v) is 2.75. The van der Waals surface area contributed by atoms with E-state index in [1.54, 1.807) is 12.1 Å². The summed E-state index contributed by atoms with van der Waals surface area (Å²) in [6.45, 7) is 4.05. The standard InChI is InChI=1S/C11H15FOS/c1-3-10(4-2)14(13)11-7-5-9(12)6-8-11/h5-8,10H,3-4H2,1-2H3. The summed E-state index contributed by atoms with van der Waals surface area (Å²) in [6, 6.07) is 5.92. The molecule has 0 heterocycles. The molecule has 0 saturated heterocycles. The molecule has 1 rings (SSSR count). The molecule has 0 aliphatic rings. The first-order valence-corrected chi connectivity index (χ1v) is 6.06. The third-order valence-electron chi connectivity index (χ3n) is 2.26. The minimum Gasteiger partial charge on any atom is -0.254 e. The molecule has 0 spiro atoms. The average Bonchev–Trinajstić information content (AvgIpc) is 2.20. The number of halogens is 1. The van der Waals surface area contributed by atoms with E-state index in [1.165, 1.54) is 12.1 Å². The zero-order valence-electron chi connectivity index (χ0n) is 8.50. The Balaban J connectivity index is 2.83. The molecule has 1 aromatic rings. The molecular formula is C11H15FOS. The van der Waals surface area contributed by atoms with Gasteiger partial charge in [0, 0.05) is 10.1 Å². The Morgan fingerprint density at radius 3 is 2.14 bits per heavy atom. The highest BCUT2D eigenvalue weighted by atomic mass is 32.2. The van der Waals surface area contributed by atoms with Gasteiger partial charge in [0.25, 0.3) is 0 Å². The monoisotopic (exact) mass is 214 g/mol. The molecule has 14 heavy (non-hydrogen) atoms. The van der Waals surface area contributed by atoms with Crippen molar-refractivity contribution in [2.24, 2.45) is 0 Å². The Morgan fingerprint density at radius 2 is 1.71 bits per heavy atom. The zero-order chi connectivity index (χ0) is 10.6. The van der Waals surface area contributed by atoms with Gasteiger partial charge in [0.1, 0.15) is 5.82 Å². The summed E-state index contributed by atoms with van der Waals surface area (Å²) in [5, 5.41) is 0.181. The van der Waals surface area contributed by atoms with E-state index < -0.39 is 10.8 Å². The predicted molar refractivity (Wildman–Crippen MR) is 57.2 cm³/mol. The van der Waals surface area contributed by atoms with Crippen LogP contribution in [0.15, 0.2) is 29.2 Å². The van der Waals surface area contributed by atoms with Crippen molar-refractivity contribution >= 4 is 10.8 Å². The van der Waals surface area contributed by atoms with E-state index in [1.807, 2.05) is 13.8 Å². The van der Waals surface area contributed by atoms with E-state index in [-0.39, 0.29) is 11.1 Å². The molecule has 0 N–H and O–H groups in total. The lowest BCUT2D eigenvalue weighted by Gasteiger charge is -2.11. The van der Waals surface area contributed by atoms with Gasteiger partial charge < -0.3 is 0 Å². The van der Waals surface area contributed by atoms with Crippen molar-refractivity contribution in [3.05, 3.63) is 30.1 Å². The summed E-state index contributed by atoms with van der Waals surface area (Å²) >= 11 is 0. The molecule has 1 unspecified atom stereocenters. The molecule has 0 aliphatic heterocycles. The largest absolute Gasteiger partial charge is 0.254 e. The van der Waals surface area contributed by atoms with E-state index in [0.717, 1.165) is 17.7 Å². The van der Waals surface area contributed by atoms with Crippen LogP contribution in [0.1, 0.15) is 26.7 Å². The molecule has 78 valence electrons. The van der Waals surface area contributed by atoms with E-state index in [4.69, 9.17) is 0 Å². The lowest BCUT2D eigenvalue weighted by Crippen LogP contribution is -2.12. The van der Waals surface area contributed by atoms with Gasteiger partial charge in [-0.1, -0.05) is 13.8 Å². The van der Waals surface area contributed by atoms with E-state index in [0.29, 0.717) is 0 Å². The maximum absolute atomic E-state index is 12.6. The van der Waals surface area contributed by atoms with E-state index in [2.05, 4.69) is 0 Å². The first kappa shape index (κ1) is 11.4. The molecule has 1 nitrogen and oxygen atoms in total. The van der Waals surface area contributed by atoms with Crippen LogP contribution in [0.3, 0.4) is 0 Å². The third-order valence-corrected chi connectivity index (χ3v) is 4.27. The van der Waals surface area contributed by atoms with Crippen molar-refractivity contribution in [3.63, 3.8) is 0 Å². The van der Waals surface area contributed by atoms with Crippen molar-refractivity contribution in [3.8, 4) is 0 Å². The van der Waals surface area contributed by atoms with Crippen LogP contribution >= 0.6 is 0 Å². The van der Waals surface area contributed by atoms with Gasteiger partial charge in [-0.05, 0) is 37.1 Å². The summed E-state index contributed by atoms with van der Waals surface area (Å²) in [5.41, 5.74) is 0. The topological polar surface area (TPSA) is 17.1 Å². The minimum atomic E-state index is -0.996. The van der Waals surface area contributed by atoms with Crippen molar-refractivity contribution < 1.29 is 8.60 Å². The Morgan fingerprint density at radius 1 is 1.21 bits per heavy atom. The summed E-state index contributed by atoms with van der Waals surface area (Å²) in [7, 11) is -0.996. The van der Waals surface area contributed by atoms with Crippen molar-refractivity contribution in [1.29, 1.82) is 0 Å². The summed E-state index contributed by atoms with van der Waals surface area (Å²) < 4.78 is 24.5. The van der Waals surface area contributed by atoms with Crippen molar-refractivity contribution in [1.82, 2.24) is 0 Å². The van der Waals surface area contributed by atoms with Gasteiger partial charge in [-0.15, -0.1) is 0 Å². The molecule has 0 fully saturated rings. The van der Waals surface area contributed by atoms with Gasteiger partial charge in [-0.2, -0.15) is 0 Å². The molecule has 3 heteroatoms. The minimum absolute atomic E-state index is 0.181. The highest BCUT2D eigenvalue weighted by molar-refractivity contribution is 7.85. The normalized spacial score (nSPS) is 13.1. The lowest BCUT2D eigenvalue weighted by molar-refractivity contribution is 0.625. The predicted octanol–water partition coefficient (Wildman–Crippen LogP) is 3.12. The molecular weight excluding hydrogens is 199 g/mol. The van der Waals surface area contributed by atoms with Gasteiger partial charge >= 0.3 is 0 Å². The van der Waals surface area contributed by atoms with Crippen LogP contribution in [-0.2, 0) is 10.8 Å². The van der Waals surface area contributed by atoms with Crippen molar-refractivity contribution in [2.45, 2.75) is 36.8 Å². The first-order chi connectivity index (χ1) is 6.69. The van der Waals surface area contributed by atoms with Crippen LogP contribution in [0.25, 0.3) is 0 Å². The quantitative estimate of drug-likeness (QED) is 0.752. The van der Waals surface area contributed by atoms with Crippen LogP contribution in [0, 0.1) is 5.82 Å². The van der Waals surface area contributed by atoms with Gasteiger partial charge in [0.05, 0.1) is 10.8 Å². The first-order valence-electron chi connectivity index (χ1n) is 4.85. The van der Waals surface area contributed by atoms with Crippen LogP contribution < -0.4 is 0 Å². The number of hydrogen-bond donors (Lipinski definition) is 0. The third kappa shape index (κ3) is 2.64. The van der Waals surface area contributed by atoms with E-state index in [9.17, 15) is 8.60 Å². The van der Waals surface area contributed by atoms with Crippen LogP contribution in [0.2, 0.25) is 0 Å². The number of hydrogen-bond acceptors (Lipinski definition) is 1. The molecule has 0 bridgehead atoms. The molecule has 0 radical (unpaired) electrons. The Hall–Kier alpha value is -0.700. The maximum atomic E-state index is 12.6. The van der Waals surface area contributed by atoms with E-state index >= 15 is 0 Å². The SMILES string of the molecule is CCC(CC)S(=O)c1ccc(F)cc1. The summed E-state index contributed by atoms with van der Waals surface area (Å²) in [5.74, 6) is -0.282. The van der Waals surface area contributed by atoms with Gasteiger partial charge in [-0.25, -0.2) is 4.39 Å². The Labute approximate surface area is 86.8 Å². The van der Waals surface area contributed by atoms with Crippen LogP contribution in [0.4, 0.5) is 4.39 Å². The molecule has 1 aromatic carbocycles. The molecule has 1 atom stereocenters. The van der Waals surface area contributed by atoms with Gasteiger partial charge in [0.2, 0.25) is 0 Å². The summed E-state index contributed by atoms with van der Waals surface area (Å²) in [4.78, 5) is 0.722.